The van der Waals surface area contributed by atoms with Crippen molar-refractivity contribution >= 4 is 11.0 Å². The lowest BCUT2D eigenvalue weighted by Crippen LogP contribution is -2.01. The Hall–Kier alpha value is -1.48. The molecule has 0 atom stereocenters. The first-order valence-corrected chi connectivity index (χ1v) is 5.10. The van der Waals surface area contributed by atoms with Crippen LogP contribution in [0.2, 0.25) is 0 Å². The van der Waals surface area contributed by atoms with Crippen LogP contribution in [-0.4, -0.2) is 13.7 Å². The van der Waals surface area contributed by atoms with Crippen LogP contribution in [-0.2, 0) is 6.42 Å². The van der Waals surface area contributed by atoms with E-state index in [2.05, 4.69) is 6.07 Å². The second-order valence-electron chi connectivity index (χ2n) is 3.49. The van der Waals surface area contributed by atoms with Gasteiger partial charge < -0.3 is 14.9 Å². The number of hydrogen-bond acceptors (Lipinski definition) is 3. The molecule has 80 valence electrons. The van der Waals surface area contributed by atoms with Crippen molar-refractivity contribution in [1.29, 1.82) is 0 Å². The van der Waals surface area contributed by atoms with Crippen LogP contribution in [0.25, 0.3) is 11.0 Å². The molecule has 3 heteroatoms. The highest BCUT2D eigenvalue weighted by Gasteiger charge is 2.09. The summed E-state index contributed by atoms with van der Waals surface area (Å²) in [6.07, 6.45) is 3.57. The predicted octanol–water partition coefficient (Wildman–Crippen LogP) is 2.33. The monoisotopic (exact) mass is 205 g/mol. The molecule has 0 fully saturated rings. The first kappa shape index (κ1) is 10.1. The largest absolute Gasteiger partial charge is 0.493 e. The van der Waals surface area contributed by atoms with E-state index in [9.17, 15) is 0 Å². The fourth-order valence-electron chi connectivity index (χ4n) is 1.76. The number of methoxy groups -OCH3 is 1. The van der Waals surface area contributed by atoms with Gasteiger partial charge in [0.25, 0.3) is 0 Å². The maximum absolute atomic E-state index is 5.50. The summed E-state index contributed by atoms with van der Waals surface area (Å²) in [6.45, 7) is 0.694. The third kappa shape index (κ3) is 1.83. The molecule has 1 aromatic heterocycles. The summed E-state index contributed by atoms with van der Waals surface area (Å²) in [5, 5.41) is 1.07. The van der Waals surface area contributed by atoms with E-state index in [-0.39, 0.29) is 0 Å². The first-order valence-electron chi connectivity index (χ1n) is 5.10. The van der Waals surface area contributed by atoms with Crippen LogP contribution in [0.4, 0.5) is 0 Å². The zero-order chi connectivity index (χ0) is 10.7. The second-order valence-corrected chi connectivity index (χ2v) is 3.49. The van der Waals surface area contributed by atoms with E-state index in [1.165, 1.54) is 0 Å². The number of rotatable bonds is 4. The minimum Gasteiger partial charge on any atom is -0.493 e. The maximum Gasteiger partial charge on any atom is 0.175 e. The molecule has 3 nitrogen and oxygen atoms in total. The summed E-state index contributed by atoms with van der Waals surface area (Å²) < 4.78 is 10.8. The molecule has 0 aliphatic heterocycles. The maximum atomic E-state index is 5.50. The highest BCUT2D eigenvalue weighted by molar-refractivity contribution is 5.84. The Labute approximate surface area is 88.8 Å². The Morgan fingerprint density at radius 2 is 2.20 bits per heavy atom. The average Bonchev–Trinajstić information content (AvgIpc) is 2.73. The van der Waals surface area contributed by atoms with Crippen LogP contribution < -0.4 is 10.5 Å². The van der Waals surface area contributed by atoms with E-state index in [1.807, 2.05) is 12.1 Å². The summed E-state index contributed by atoms with van der Waals surface area (Å²) in [4.78, 5) is 0. The van der Waals surface area contributed by atoms with Gasteiger partial charge in [-0.1, -0.05) is 12.1 Å². The molecule has 0 saturated carbocycles. The van der Waals surface area contributed by atoms with Gasteiger partial charge in [-0.05, 0) is 31.0 Å². The minimum absolute atomic E-state index is 0.694. The first-order chi connectivity index (χ1) is 7.36. The minimum atomic E-state index is 0.694. The van der Waals surface area contributed by atoms with Crippen LogP contribution in [0.3, 0.4) is 0 Å². The van der Waals surface area contributed by atoms with Crippen molar-refractivity contribution in [3.8, 4) is 5.75 Å². The van der Waals surface area contributed by atoms with Crippen LogP contribution in [0, 0.1) is 0 Å². The van der Waals surface area contributed by atoms with Crippen LogP contribution in [0.15, 0.2) is 28.9 Å². The van der Waals surface area contributed by atoms with Crippen LogP contribution in [0.1, 0.15) is 12.0 Å². The molecule has 0 bridgehead atoms. The molecule has 2 N–H and O–H groups in total. The number of hydrogen-bond donors (Lipinski definition) is 1. The van der Waals surface area contributed by atoms with Crippen molar-refractivity contribution in [3.05, 3.63) is 30.0 Å². The van der Waals surface area contributed by atoms with Crippen molar-refractivity contribution in [2.24, 2.45) is 5.73 Å². The average molecular weight is 205 g/mol. The standard InChI is InChI=1S/C12H15NO2/c1-14-11-9(3-2-7-13)4-5-10-6-8-15-12(10)11/h4-6,8H,2-3,7,13H2,1H3. The predicted molar refractivity (Wildman–Crippen MR) is 60.1 cm³/mol. The Bertz CT molecular complexity index is 448. The Kier molecular flexibility index (Phi) is 2.92. The highest BCUT2D eigenvalue weighted by atomic mass is 16.5. The van der Waals surface area contributed by atoms with Crippen molar-refractivity contribution in [2.45, 2.75) is 12.8 Å². The molecular formula is C12H15NO2. The summed E-state index contributed by atoms with van der Waals surface area (Å²) in [5.41, 5.74) is 7.48. The Balaban J connectivity index is 2.44. The molecule has 2 rings (SSSR count). The van der Waals surface area contributed by atoms with Gasteiger partial charge in [0.15, 0.2) is 11.3 Å². The lowest BCUT2D eigenvalue weighted by molar-refractivity contribution is 0.405. The fourth-order valence-corrected chi connectivity index (χ4v) is 1.76. The molecular weight excluding hydrogens is 190 g/mol. The van der Waals surface area contributed by atoms with Crippen molar-refractivity contribution in [3.63, 3.8) is 0 Å². The normalized spacial score (nSPS) is 10.8. The van der Waals surface area contributed by atoms with Crippen LogP contribution in [0.5, 0.6) is 5.75 Å². The number of aryl methyl sites for hydroxylation is 1. The fraction of sp³-hybridized carbons (Fsp3) is 0.333. The van der Waals surface area contributed by atoms with E-state index >= 15 is 0 Å². The number of fused-ring (bicyclic) bond motifs is 1. The lowest BCUT2D eigenvalue weighted by atomic mass is 10.1. The zero-order valence-corrected chi connectivity index (χ0v) is 8.82. The molecule has 2 aromatic rings. The number of benzene rings is 1. The molecule has 0 spiro atoms. The van der Waals surface area contributed by atoms with E-state index in [0.717, 1.165) is 35.1 Å². The SMILES string of the molecule is COc1c(CCCN)ccc2ccoc12. The van der Waals surface area contributed by atoms with Crippen molar-refractivity contribution in [2.75, 3.05) is 13.7 Å². The molecule has 0 saturated heterocycles. The van der Waals surface area contributed by atoms with Crippen molar-refractivity contribution < 1.29 is 9.15 Å². The van der Waals surface area contributed by atoms with E-state index < -0.39 is 0 Å². The number of furan rings is 1. The molecule has 0 radical (unpaired) electrons. The van der Waals surface area contributed by atoms with E-state index in [1.54, 1.807) is 13.4 Å². The van der Waals surface area contributed by atoms with Gasteiger partial charge in [0.2, 0.25) is 0 Å². The number of ether oxygens (including phenoxy) is 1. The molecule has 0 aliphatic carbocycles. The molecule has 1 heterocycles. The Morgan fingerprint density at radius 1 is 1.33 bits per heavy atom. The highest BCUT2D eigenvalue weighted by Crippen LogP contribution is 2.31. The zero-order valence-electron chi connectivity index (χ0n) is 8.82. The summed E-state index contributed by atoms with van der Waals surface area (Å²) in [6, 6.07) is 6.06. The second kappa shape index (κ2) is 4.36. The van der Waals surface area contributed by atoms with Gasteiger partial charge in [-0.2, -0.15) is 0 Å². The summed E-state index contributed by atoms with van der Waals surface area (Å²) >= 11 is 0. The lowest BCUT2D eigenvalue weighted by Gasteiger charge is -2.07. The van der Waals surface area contributed by atoms with Gasteiger partial charge in [-0.25, -0.2) is 0 Å². The van der Waals surface area contributed by atoms with E-state index in [4.69, 9.17) is 14.9 Å². The number of nitrogens with two attached hydrogens (primary N) is 1. The van der Waals surface area contributed by atoms with Gasteiger partial charge in [0.05, 0.1) is 13.4 Å². The third-order valence-electron chi connectivity index (χ3n) is 2.51. The van der Waals surface area contributed by atoms with Crippen LogP contribution >= 0.6 is 0 Å². The smallest absolute Gasteiger partial charge is 0.175 e. The Morgan fingerprint density at radius 3 is 2.93 bits per heavy atom. The van der Waals surface area contributed by atoms with Gasteiger partial charge in [-0.15, -0.1) is 0 Å². The van der Waals surface area contributed by atoms with Gasteiger partial charge in [-0.3, -0.25) is 0 Å². The summed E-state index contributed by atoms with van der Waals surface area (Å²) in [7, 11) is 1.67. The molecule has 0 amide bonds. The molecule has 0 aliphatic rings. The molecule has 15 heavy (non-hydrogen) atoms. The van der Waals surface area contributed by atoms with Gasteiger partial charge in [0.1, 0.15) is 0 Å². The molecule has 1 aromatic carbocycles. The third-order valence-corrected chi connectivity index (χ3v) is 2.51. The molecule has 0 unspecified atom stereocenters. The quantitative estimate of drug-likeness (QED) is 0.833. The van der Waals surface area contributed by atoms with E-state index in [0.29, 0.717) is 6.54 Å². The summed E-state index contributed by atoms with van der Waals surface area (Å²) in [5.74, 6) is 0.839. The van der Waals surface area contributed by atoms with Gasteiger partial charge in [0, 0.05) is 5.39 Å². The topological polar surface area (TPSA) is 48.4 Å². The van der Waals surface area contributed by atoms with Gasteiger partial charge >= 0.3 is 0 Å². The van der Waals surface area contributed by atoms with Crippen molar-refractivity contribution in [1.82, 2.24) is 0 Å².